The monoisotopic (exact) mass is 473 g/mol. The second-order valence-electron chi connectivity index (χ2n) is 7.90. The Labute approximate surface area is 193 Å². The number of hydrogen-bond donors (Lipinski definition) is 1. The van der Waals surface area contributed by atoms with E-state index in [0.717, 1.165) is 37.2 Å². The second kappa shape index (κ2) is 9.95. The molecule has 2 aromatic rings. The number of carbonyl (C=O) groups excluding carboxylic acids is 2. The molecule has 0 spiro atoms. The molecule has 1 saturated heterocycles. The molecular formula is C23H27N3O4S2. The van der Waals surface area contributed by atoms with Gasteiger partial charge in [0.05, 0.1) is 22.8 Å². The summed E-state index contributed by atoms with van der Waals surface area (Å²) in [6, 6.07) is 14.6. The lowest BCUT2D eigenvalue weighted by atomic mass is 10.2. The summed E-state index contributed by atoms with van der Waals surface area (Å²) < 4.78 is 27.1. The third kappa shape index (κ3) is 5.10. The van der Waals surface area contributed by atoms with Crippen LogP contribution in [0.3, 0.4) is 0 Å². The minimum absolute atomic E-state index is 0.0194. The highest BCUT2D eigenvalue weighted by Gasteiger charge is 2.29. The molecule has 4 rings (SSSR count). The SMILES string of the molecule is O=C(NCCS(=O)(=O)N1CCc2ccccc21)c1ccccc1SCC(=O)N1CCCC1. The van der Waals surface area contributed by atoms with Crippen molar-refractivity contribution in [1.82, 2.24) is 10.2 Å². The summed E-state index contributed by atoms with van der Waals surface area (Å²) in [6.45, 7) is 2.06. The predicted molar refractivity (Wildman–Crippen MR) is 127 cm³/mol. The van der Waals surface area contributed by atoms with E-state index >= 15 is 0 Å². The van der Waals surface area contributed by atoms with Crippen molar-refractivity contribution in [3.63, 3.8) is 0 Å². The van der Waals surface area contributed by atoms with E-state index in [0.29, 0.717) is 23.4 Å². The number of hydrogen-bond acceptors (Lipinski definition) is 5. The maximum atomic E-state index is 12.8. The first-order chi connectivity index (χ1) is 15.5. The van der Waals surface area contributed by atoms with Gasteiger partial charge in [0.25, 0.3) is 5.91 Å². The Morgan fingerprint density at radius 3 is 2.50 bits per heavy atom. The topological polar surface area (TPSA) is 86.8 Å². The molecule has 32 heavy (non-hydrogen) atoms. The van der Waals surface area contributed by atoms with E-state index in [4.69, 9.17) is 0 Å². The van der Waals surface area contributed by atoms with Gasteiger partial charge in [0.1, 0.15) is 0 Å². The molecule has 2 aromatic carbocycles. The van der Waals surface area contributed by atoms with Crippen LogP contribution in [0.25, 0.3) is 0 Å². The molecule has 9 heteroatoms. The molecule has 1 fully saturated rings. The Bertz CT molecular complexity index is 1100. The molecule has 0 atom stereocenters. The number of nitrogens with zero attached hydrogens (tertiary/aromatic N) is 2. The van der Waals surface area contributed by atoms with E-state index in [-0.39, 0.29) is 29.9 Å². The zero-order chi connectivity index (χ0) is 22.6. The van der Waals surface area contributed by atoms with Crippen molar-refractivity contribution in [3.8, 4) is 0 Å². The number of sulfonamides is 1. The molecule has 2 aliphatic heterocycles. The van der Waals surface area contributed by atoms with Crippen LogP contribution >= 0.6 is 11.8 Å². The van der Waals surface area contributed by atoms with Crippen molar-refractivity contribution in [2.75, 3.05) is 42.0 Å². The molecule has 170 valence electrons. The van der Waals surface area contributed by atoms with Crippen molar-refractivity contribution >= 4 is 39.3 Å². The van der Waals surface area contributed by atoms with Crippen LogP contribution in [0, 0.1) is 0 Å². The van der Waals surface area contributed by atoms with Crippen LogP contribution < -0.4 is 9.62 Å². The molecule has 0 aliphatic carbocycles. The van der Waals surface area contributed by atoms with Gasteiger partial charge in [-0.1, -0.05) is 30.3 Å². The molecule has 2 amide bonds. The van der Waals surface area contributed by atoms with Crippen LogP contribution in [-0.4, -0.2) is 62.8 Å². The highest BCUT2D eigenvalue weighted by molar-refractivity contribution is 8.00. The standard InChI is InChI=1S/C23H27N3O4S2/c27-22(25-13-5-6-14-25)17-31-21-10-4-2-8-19(21)23(28)24-12-16-32(29,30)26-15-11-18-7-1-3-9-20(18)26/h1-4,7-10H,5-6,11-17H2,(H,24,28). The smallest absolute Gasteiger partial charge is 0.252 e. The van der Waals surface area contributed by atoms with E-state index < -0.39 is 10.0 Å². The molecule has 0 radical (unpaired) electrons. The fraction of sp³-hybridized carbons (Fsp3) is 0.391. The highest BCUT2D eigenvalue weighted by Crippen LogP contribution is 2.30. The third-order valence-electron chi connectivity index (χ3n) is 5.77. The lowest BCUT2D eigenvalue weighted by Gasteiger charge is -2.19. The fourth-order valence-electron chi connectivity index (χ4n) is 4.07. The minimum Gasteiger partial charge on any atom is -0.351 e. The van der Waals surface area contributed by atoms with Gasteiger partial charge in [-0.05, 0) is 43.0 Å². The first kappa shape index (κ1) is 22.7. The van der Waals surface area contributed by atoms with Gasteiger partial charge in [0.2, 0.25) is 15.9 Å². The van der Waals surface area contributed by atoms with Gasteiger partial charge < -0.3 is 10.2 Å². The Hall–Kier alpha value is -2.52. The number of rotatable bonds is 8. The summed E-state index contributed by atoms with van der Waals surface area (Å²) >= 11 is 1.34. The number of nitrogens with one attached hydrogen (secondary N) is 1. The number of likely N-dealkylation sites (tertiary alicyclic amines) is 1. The average molecular weight is 474 g/mol. The largest absolute Gasteiger partial charge is 0.351 e. The van der Waals surface area contributed by atoms with E-state index in [2.05, 4.69) is 5.32 Å². The third-order valence-corrected chi connectivity index (χ3v) is 8.60. The summed E-state index contributed by atoms with van der Waals surface area (Å²) in [6.07, 6.45) is 2.78. The minimum atomic E-state index is -3.53. The molecule has 0 bridgehead atoms. The average Bonchev–Trinajstić information content (AvgIpc) is 3.48. The van der Waals surface area contributed by atoms with Crippen LogP contribution in [0.15, 0.2) is 53.4 Å². The normalized spacial score (nSPS) is 15.6. The van der Waals surface area contributed by atoms with Crippen molar-refractivity contribution in [2.45, 2.75) is 24.2 Å². The quantitative estimate of drug-likeness (QED) is 0.596. The second-order valence-corrected chi connectivity index (χ2v) is 10.9. The maximum Gasteiger partial charge on any atom is 0.252 e. The number of benzene rings is 2. The van der Waals surface area contributed by atoms with Gasteiger partial charge in [-0.3, -0.25) is 13.9 Å². The van der Waals surface area contributed by atoms with Gasteiger partial charge in [-0.2, -0.15) is 0 Å². The van der Waals surface area contributed by atoms with Gasteiger partial charge >= 0.3 is 0 Å². The van der Waals surface area contributed by atoms with Gasteiger partial charge in [0.15, 0.2) is 0 Å². The lowest BCUT2D eigenvalue weighted by Crippen LogP contribution is -2.37. The van der Waals surface area contributed by atoms with E-state index in [9.17, 15) is 18.0 Å². The van der Waals surface area contributed by atoms with Crippen LogP contribution in [-0.2, 0) is 21.2 Å². The summed E-state index contributed by atoms with van der Waals surface area (Å²) in [7, 11) is -3.53. The molecule has 0 saturated carbocycles. The number of fused-ring (bicyclic) bond motifs is 1. The molecule has 7 nitrogen and oxygen atoms in total. The lowest BCUT2D eigenvalue weighted by molar-refractivity contribution is -0.127. The predicted octanol–water partition coefficient (Wildman–Crippen LogP) is 2.52. The summed E-state index contributed by atoms with van der Waals surface area (Å²) in [5.74, 6) is -0.137. The first-order valence-electron chi connectivity index (χ1n) is 10.8. The van der Waals surface area contributed by atoms with Gasteiger partial charge in [-0.15, -0.1) is 11.8 Å². The highest BCUT2D eigenvalue weighted by atomic mass is 32.2. The molecule has 1 N–H and O–H groups in total. The Balaban J connectivity index is 1.33. The molecule has 0 unspecified atom stereocenters. The maximum absolute atomic E-state index is 12.8. The van der Waals surface area contributed by atoms with Crippen molar-refractivity contribution in [3.05, 3.63) is 59.7 Å². The Morgan fingerprint density at radius 2 is 1.69 bits per heavy atom. The van der Waals surface area contributed by atoms with E-state index in [1.807, 2.05) is 41.3 Å². The van der Waals surface area contributed by atoms with Crippen molar-refractivity contribution in [2.24, 2.45) is 0 Å². The van der Waals surface area contributed by atoms with Crippen LogP contribution in [0.4, 0.5) is 5.69 Å². The molecule has 2 aliphatic rings. The van der Waals surface area contributed by atoms with Crippen LogP contribution in [0.1, 0.15) is 28.8 Å². The number of amides is 2. The Kier molecular flexibility index (Phi) is 7.05. The fourth-order valence-corrected chi connectivity index (χ4v) is 6.45. The molecule has 2 heterocycles. The van der Waals surface area contributed by atoms with Gasteiger partial charge in [-0.25, -0.2) is 8.42 Å². The summed E-state index contributed by atoms with van der Waals surface area (Å²) in [5.41, 5.74) is 2.20. The first-order valence-corrected chi connectivity index (χ1v) is 13.4. The van der Waals surface area contributed by atoms with Crippen LogP contribution in [0.5, 0.6) is 0 Å². The number of para-hydroxylation sites is 1. The molecule has 0 aromatic heterocycles. The van der Waals surface area contributed by atoms with Crippen LogP contribution in [0.2, 0.25) is 0 Å². The number of thioether (sulfide) groups is 1. The Morgan fingerprint density at radius 1 is 0.969 bits per heavy atom. The zero-order valence-electron chi connectivity index (χ0n) is 17.8. The number of anilines is 1. The van der Waals surface area contributed by atoms with Crippen molar-refractivity contribution < 1.29 is 18.0 Å². The van der Waals surface area contributed by atoms with Gasteiger partial charge in [0, 0.05) is 31.1 Å². The summed E-state index contributed by atoms with van der Waals surface area (Å²) in [4.78, 5) is 27.6. The summed E-state index contributed by atoms with van der Waals surface area (Å²) in [5, 5.41) is 2.73. The molecular weight excluding hydrogens is 446 g/mol. The van der Waals surface area contributed by atoms with E-state index in [1.54, 1.807) is 12.1 Å². The number of carbonyl (C=O) groups is 2. The zero-order valence-corrected chi connectivity index (χ0v) is 19.5. The van der Waals surface area contributed by atoms with E-state index in [1.165, 1.54) is 16.1 Å². The van der Waals surface area contributed by atoms with Crippen molar-refractivity contribution in [1.29, 1.82) is 0 Å².